The lowest BCUT2D eigenvalue weighted by Crippen LogP contribution is -2.51. The van der Waals surface area contributed by atoms with Gasteiger partial charge in [-0.25, -0.2) is 13.1 Å². The summed E-state index contributed by atoms with van der Waals surface area (Å²) in [6.45, 7) is 2.18. The van der Waals surface area contributed by atoms with E-state index in [1.54, 1.807) is 24.3 Å². The van der Waals surface area contributed by atoms with E-state index in [1.807, 2.05) is 6.92 Å². The van der Waals surface area contributed by atoms with Crippen molar-refractivity contribution in [2.45, 2.75) is 62.2 Å². The third-order valence-electron chi connectivity index (χ3n) is 5.15. The van der Waals surface area contributed by atoms with Gasteiger partial charge in [0, 0.05) is 12.5 Å². The SMILES string of the molecule is Cc1ccc(S(=O)(=O)N[C@@H]2CC[C@H](CCNC(=O)C3CC3)O[C@@H]2CO)cc1. The first-order valence-corrected chi connectivity index (χ1v) is 11.0. The van der Waals surface area contributed by atoms with E-state index < -0.39 is 22.2 Å². The second-order valence-electron chi connectivity index (χ2n) is 7.45. The van der Waals surface area contributed by atoms with Crippen LogP contribution in [-0.2, 0) is 19.6 Å². The van der Waals surface area contributed by atoms with Gasteiger partial charge in [0.15, 0.2) is 0 Å². The van der Waals surface area contributed by atoms with Crippen molar-refractivity contribution in [2.24, 2.45) is 5.92 Å². The normalized spacial score (nSPS) is 25.9. The molecule has 3 N–H and O–H groups in total. The van der Waals surface area contributed by atoms with Crippen molar-refractivity contribution >= 4 is 15.9 Å². The maximum absolute atomic E-state index is 12.6. The van der Waals surface area contributed by atoms with Gasteiger partial charge in [0.1, 0.15) is 0 Å². The Morgan fingerprint density at radius 2 is 1.89 bits per heavy atom. The van der Waals surface area contributed by atoms with Gasteiger partial charge in [-0.05, 0) is 51.2 Å². The molecule has 1 aromatic rings. The lowest BCUT2D eigenvalue weighted by atomic mass is 9.98. The zero-order chi connectivity index (χ0) is 19.4. The number of rotatable bonds is 8. The molecule has 7 nitrogen and oxygen atoms in total. The summed E-state index contributed by atoms with van der Waals surface area (Å²) in [5, 5.41) is 12.6. The Labute approximate surface area is 160 Å². The molecule has 1 aromatic carbocycles. The fourth-order valence-electron chi connectivity index (χ4n) is 3.31. The monoisotopic (exact) mass is 396 g/mol. The van der Waals surface area contributed by atoms with E-state index in [1.165, 1.54) is 0 Å². The number of aliphatic hydroxyl groups excluding tert-OH is 1. The molecule has 3 atom stereocenters. The summed E-state index contributed by atoms with van der Waals surface area (Å²) in [7, 11) is -3.67. The van der Waals surface area contributed by atoms with Gasteiger partial charge < -0.3 is 15.2 Å². The summed E-state index contributed by atoms with van der Waals surface area (Å²) < 4.78 is 33.7. The highest BCUT2D eigenvalue weighted by molar-refractivity contribution is 7.89. The molecule has 1 aliphatic heterocycles. The van der Waals surface area contributed by atoms with Gasteiger partial charge in [-0.2, -0.15) is 0 Å². The van der Waals surface area contributed by atoms with Crippen LogP contribution in [0.3, 0.4) is 0 Å². The molecule has 1 heterocycles. The smallest absolute Gasteiger partial charge is 0.240 e. The third kappa shape index (κ3) is 5.51. The number of amides is 1. The molecule has 1 saturated carbocycles. The van der Waals surface area contributed by atoms with E-state index in [0.717, 1.165) is 18.4 Å². The highest BCUT2D eigenvalue weighted by atomic mass is 32.2. The third-order valence-corrected chi connectivity index (χ3v) is 6.65. The molecule has 2 aliphatic rings. The zero-order valence-corrected chi connectivity index (χ0v) is 16.4. The molecule has 0 spiro atoms. The standard InChI is InChI=1S/C19H28N2O5S/c1-13-2-7-16(8-3-13)27(24,25)21-17-9-6-15(26-18(17)12-22)10-11-20-19(23)14-4-5-14/h2-3,7-8,14-15,17-18,21-22H,4-6,9-12H2,1H3,(H,20,23)/t15-,17-,18-/m1/s1. The van der Waals surface area contributed by atoms with Crippen LogP contribution in [0.1, 0.15) is 37.7 Å². The van der Waals surface area contributed by atoms with Crippen molar-refractivity contribution in [1.29, 1.82) is 0 Å². The van der Waals surface area contributed by atoms with Crippen LogP contribution in [0.15, 0.2) is 29.2 Å². The van der Waals surface area contributed by atoms with Gasteiger partial charge in [-0.15, -0.1) is 0 Å². The number of sulfonamides is 1. The van der Waals surface area contributed by atoms with E-state index in [2.05, 4.69) is 10.0 Å². The molecule has 0 radical (unpaired) electrons. The molecule has 8 heteroatoms. The average molecular weight is 397 g/mol. The lowest BCUT2D eigenvalue weighted by Gasteiger charge is -2.36. The number of aryl methyl sites for hydroxylation is 1. The summed E-state index contributed by atoms with van der Waals surface area (Å²) in [6.07, 6.45) is 3.17. The number of hydrogen-bond acceptors (Lipinski definition) is 5. The second kappa shape index (κ2) is 8.68. The predicted molar refractivity (Wildman–Crippen MR) is 101 cm³/mol. The topological polar surface area (TPSA) is 105 Å². The largest absolute Gasteiger partial charge is 0.394 e. The maximum Gasteiger partial charge on any atom is 0.240 e. The summed E-state index contributed by atoms with van der Waals surface area (Å²) in [5.41, 5.74) is 0.986. The lowest BCUT2D eigenvalue weighted by molar-refractivity contribution is -0.122. The van der Waals surface area contributed by atoms with Crippen LogP contribution in [0.4, 0.5) is 0 Å². The van der Waals surface area contributed by atoms with Gasteiger partial charge in [-0.1, -0.05) is 17.7 Å². The predicted octanol–water partition coefficient (Wildman–Crippen LogP) is 1.10. The van der Waals surface area contributed by atoms with Gasteiger partial charge in [0.2, 0.25) is 15.9 Å². The molecule has 1 saturated heterocycles. The molecular formula is C19H28N2O5S. The number of carbonyl (C=O) groups excluding carboxylic acids is 1. The molecule has 0 unspecified atom stereocenters. The Bertz CT molecular complexity index is 746. The van der Waals surface area contributed by atoms with Gasteiger partial charge in [0.25, 0.3) is 0 Å². The van der Waals surface area contributed by atoms with Crippen LogP contribution < -0.4 is 10.0 Å². The fraction of sp³-hybridized carbons (Fsp3) is 0.632. The summed E-state index contributed by atoms with van der Waals surface area (Å²) in [5.74, 6) is 0.288. The van der Waals surface area contributed by atoms with Crippen molar-refractivity contribution in [2.75, 3.05) is 13.2 Å². The van der Waals surface area contributed by atoms with Gasteiger partial charge in [-0.3, -0.25) is 4.79 Å². The zero-order valence-electron chi connectivity index (χ0n) is 15.6. The van der Waals surface area contributed by atoms with Crippen molar-refractivity contribution in [3.05, 3.63) is 29.8 Å². The van der Waals surface area contributed by atoms with E-state index in [4.69, 9.17) is 4.74 Å². The van der Waals surface area contributed by atoms with E-state index in [9.17, 15) is 18.3 Å². The average Bonchev–Trinajstić information content (AvgIpc) is 3.48. The first-order chi connectivity index (χ1) is 12.9. The Morgan fingerprint density at radius 1 is 1.19 bits per heavy atom. The molecule has 0 bridgehead atoms. The van der Waals surface area contributed by atoms with E-state index in [-0.39, 0.29) is 29.4 Å². The Morgan fingerprint density at radius 3 is 2.52 bits per heavy atom. The number of nitrogens with one attached hydrogen (secondary N) is 2. The van der Waals surface area contributed by atoms with Crippen molar-refractivity contribution in [3.63, 3.8) is 0 Å². The summed E-state index contributed by atoms with van der Waals surface area (Å²) in [4.78, 5) is 11.9. The number of carbonyl (C=O) groups is 1. The Balaban J connectivity index is 1.51. The van der Waals surface area contributed by atoms with Crippen LogP contribution in [0.5, 0.6) is 0 Å². The van der Waals surface area contributed by atoms with Crippen molar-refractivity contribution in [1.82, 2.24) is 10.0 Å². The Kier molecular flexibility index (Phi) is 6.52. The van der Waals surface area contributed by atoms with Crippen LogP contribution in [0.25, 0.3) is 0 Å². The van der Waals surface area contributed by atoms with E-state index >= 15 is 0 Å². The molecule has 1 amide bonds. The summed E-state index contributed by atoms with van der Waals surface area (Å²) >= 11 is 0. The molecule has 1 aliphatic carbocycles. The number of aliphatic hydroxyl groups is 1. The minimum atomic E-state index is -3.67. The van der Waals surface area contributed by atoms with Crippen LogP contribution in [0, 0.1) is 12.8 Å². The molecule has 3 rings (SSSR count). The van der Waals surface area contributed by atoms with Crippen LogP contribution in [-0.4, -0.2) is 50.8 Å². The second-order valence-corrected chi connectivity index (χ2v) is 9.17. The highest BCUT2D eigenvalue weighted by Crippen LogP contribution is 2.29. The molecule has 150 valence electrons. The molecular weight excluding hydrogens is 368 g/mol. The summed E-state index contributed by atoms with van der Waals surface area (Å²) in [6, 6.07) is 6.17. The molecule has 2 fully saturated rings. The van der Waals surface area contributed by atoms with Gasteiger partial charge >= 0.3 is 0 Å². The van der Waals surface area contributed by atoms with Crippen molar-refractivity contribution < 1.29 is 23.1 Å². The van der Waals surface area contributed by atoms with Crippen molar-refractivity contribution in [3.8, 4) is 0 Å². The molecule has 27 heavy (non-hydrogen) atoms. The van der Waals surface area contributed by atoms with Gasteiger partial charge in [0.05, 0.1) is 29.8 Å². The molecule has 0 aromatic heterocycles. The number of ether oxygens (including phenoxy) is 1. The highest BCUT2D eigenvalue weighted by Gasteiger charge is 2.34. The minimum absolute atomic E-state index is 0.0956. The first-order valence-electron chi connectivity index (χ1n) is 9.52. The first kappa shape index (κ1) is 20.3. The maximum atomic E-state index is 12.6. The number of benzene rings is 1. The van der Waals surface area contributed by atoms with Crippen LogP contribution >= 0.6 is 0 Å². The quantitative estimate of drug-likeness (QED) is 0.610. The minimum Gasteiger partial charge on any atom is -0.394 e. The fourth-order valence-corrected chi connectivity index (χ4v) is 4.61. The van der Waals surface area contributed by atoms with E-state index in [0.29, 0.717) is 25.8 Å². The van der Waals surface area contributed by atoms with Crippen LogP contribution in [0.2, 0.25) is 0 Å². The number of hydrogen-bond donors (Lipinski definition) is 3. The Hall–Kier alpha value is -1.48.